The zero-order valence-electron chi connectivity index (χ0n) is 8.45. The molecular formula is C11H21N. The Labute approximate surface area is 75.9 Å². The molecule has 1 heterocycles. The highest BCUT2D eigenvalue weighted by atomic mass is 15.0. The highest BCUT2D eigenvalue weighted by Crippen LogP contribution is 2.44. The molecule has 1 aliphatic carbocycles. The van der Waals surface area contributed by atoms with Gasteiger partial charge in [0, 0.05) is 5.54 Å². The van der Waals surface area contributed by atoms with Crippen LogP contribution in [0, 0.1) is 5.41 Å². The highest BCUT2D eigenvalue weighted by molar-refractivity contribution is 4.99. The molecular weight excluding hydrogens is 146 g/mol. The molecule has 1 spiro atoms. The maximum atomic E-state index is 3.73. The Hall–Kier alpha value is -0.0400. The largest absolute Gasteiger partial charge is 0.311 e. The summed E-state index contributed by atoms with van der Waals surface area (Å²) in [5.41, 5.74) is 1.15. The number of hydrogen-bond donors (Lipinski definition) is 1. The van der Waals surface area contributed by atoms with Gasteiger partial charge in [0.1, 0.15) is 0 Å². The van der Waals surface area contributed by atoms with E-state index in [-0.39, 0.29) is 0 Å². The fourth-order valence-corrected chi connectivity index (χ4v) is 3.23. The lowest BCUT2D eigenvalue weighted by molar-refractivity contribution is 0.135. The van der Waals surface area contributed by atoms with Crippen LogP contribution in [0.2, 0.25) is 0 Å². The Bertz CT molecular complexity index is 166. The summed E-state index contributed by atoms with van der Waals surface area (Å²) in [5, 5.41) is 3.73. The molecule has 2 aliphatic rings. The molecule has 0 aromatic heterocycles. The van der Waals surface area contributed by atoms with Crippen molar-refractivity contribution < 1.29 is 0 Å². The number of rotatable bonds is 0. The maximum absolute atomic E-state index is 3.73. The van der Waals surface area contributed by atoms with Gasteiger partial charge in [-0.05, 0) is 44.1 Å². The second-order valence-electron chi connectivity index (χ2n) is 5.51. The first kappa shape index (κ1) is 8.55. The lowest BCUT2D eigenvalue weighted by atomic mass is 9.67. The number of nitrogens with one attached hydrogen (secondary N) is 1. The van der Waals surface area contributed by atoms with Gasteiger partial charge in [-0.25, -0.2) is 0 Å². The topological polar surface area (TPSA) is 12.0 Å². The molecule has 1 aliphatic heterocycles. The van der Waals surface area contributed by atoms with Gasteiger partial charge in [-0.3, -0.25) is 0 Å². The van der Waals surface area contributed by atoms with Crippen molar-refractivity contribution in [3.05, 3.63) is 0 Å². The summed E-state index contributed by atoms with van der Waals surface area (Å²) in [4.78, 5) is 0. The third-order valence-corrected chi connectivity index (χ3v) is 3.66. The van der Waals surface area contributed by atoms with E-state index in [0.717, 1.165) is 0 Å². The first-order valence-corrected chi connectivity index (χ1v) is 5.37. The van der Waals surface area contributed by atoms with E-state index in [0.29, 0.717) is 11.0 Å². The van der Waals surface area contributed by atoms with E-state index in [1.165, 1.54) is 45.1 Å². The zero-order chi connectivity index (χ0) is 8.66. The van der Waals surface area contributed by atoms with Crippen molar-refractivity contribution in [1.29, 1.82) is 0 Å². The average molecular weight is 167 g/mol. The summed E-state index contributed by atoms with van der Waals surface area (Å²) >= 11 is 0. The van der Waals surface area contributed by atoms with E-state index in [1.807, 2.05) is 0 Å². The number of hydrogen-bond acceptors (Lipinski definition) is 1. The normalized spacial score (nSPS) is 40.5. The van der Waals surface area contributed by atoms with Crippen LogP contribution in [0.5, 0.6) is 0 Å². The van der Waals surface area contributed by atoms with E-state index in [1.54, 1.807) is 0 Å². The lowest BCUT2D eigenvalue weighted by Crippen LogP contribution is -2.46. The predicted octanol–water partition coefficient (Wildman–Crippen LogP) is 2.71. The van der Waals surface area contributed by atoms with Gasteiger partial charge in [-0.15, -0.1) is 0 Å². The van der Waals surface area contributed by atoms with Crippen LogP contribution in [0.25, 0.3) is 0 Å². The summed E-state index contributed by atoms with van der Waals surface area (Å²) in [6.07, 6.45) is 8.51. The van der Waals surface area contributed by atoms with Gasteiger partial charge in [0.05, 0.1) is 0 Å². The minimum atomic E-state index is 0.557. The Morgan fingerprint density at radius 2 is 1.75 bits per heavy atom. The van der Waals surface area contributed by atoms with E-state index in [9.17, 15) is 0 Å². The van der Waals surface area contributed by atoms with Crippen LogP contribution in [0.3, 0.4) is 0 Å². The molecule has 1 heteroatoms. The minimum absolute atomic E-state index is 0.557. The van der Waals surface area contributed by atoms with Gasteiger partial charge < -0.3 is 5.32 Å². The first-order valence-electron chi connectivity index (χ1n) is 5.37. The van der Waals surface area contributed by atoms with Crippen molar-refractivity contribution in [2.45, 2.75) is 57.9 Å². The summed E-state index contributed by atoms with van der Waals surface area (Å²) < 4.78 is 0. The summed E-state index contributed by atoms with van der Waals surface area (Å²) in [6.45, 7) is 6.11. The molecule has 1 nitrogen and oxygen atoms in total. The molecule has 0 bridgehead atoms. The Kier molecular flexibility index (Phi) is 1.95. The van der Waals surface area contributed by atoms with Gasteiger partial charge in [-0.1, -0.05) is 20.3 Å². The Balaban J connectivity index is 2.07. The third kappa shape index (κ3) is 1.52. The van der Waals surface area contributed by atoms with Crippen LogP contribution < -0.4 is 5.32 Å². The van der Waals surface area contributed by atoms with Crippen molar-refractivity contribution in [2.75, 3.05) is 6.54 Å². The Morgan fingerprint density at radius 1 is 1.00 bits per heavy atom. The molecule has 0 aromatic rings. The van der Waals surface area contributed by atoms with Crippen LogP contribution in [0.4, 0.5) is 0 Å². The summed E-state index contributed by atoms with van der Waals surface area (Å²) in [7, 11) is 0. The fraction of sp³-hybridized carbons (Fsp3) is 1.00. The minimum Gasteiger partial charge on any atom is -0.311 e. The molecule has 12 heavy (non-hydrogen) atoms. The molecule has 1 saturated heterocycles. The van der Waals surface area contributed by atoms with E-state index in [4.69, 9.17) is 0 Å². The smallest absolute Gasteiger partial charge is 0.0187 e. The maximum Gasteiger partial charge on any atom is 0.0187 e. The quantitative estimate of drug-likeness (QED) is 0.585. The fourth-order valence-electron chi connectivity index (χ4n) is 3.23. The monoisotopic (exact) mass is 167 g/mol. The van der Waals surface area contributed by atoms with Gasteiger partial charge in [0.15, 0.2) is 0 Å². The molecule has 1 N–H and O–H groups in total. The summed E-state index contributed by atoms with van der Waals surface area (Å²) in [5.74, 6) is 0. The van der Waals surface area contributed by atoms with Crippen molar-refractivity contribution in [3.63, 3.8) is 0 Å². The predicted molar refractivity (Wildman–Crippen MR) is 52.2 cm³/mol. The van der Waals surface area contributed by atoms with Crippen LogP contribution >= 0.6 is 0 Å². The molecule has 1 saturated carbocycles. The van der Waals surface area contributed by atoms with E-state index >= 15 is 0 Å². The van der Waals surface area contributed by atoms with Crippen molar-refractivity contribution >= 4 is 0 Å². The van der Waals surface area contributed by atoms with Gasteiger partial charge in [0.25, 0.3) is 0 Å². The molecule has 1 atom stereocenters. The van der Waals surface area contributed by atoms with Gasteiger partial charge in [-0.2, -0.15) is 0 Å². The van der Waals surface area contributed by atoms with E-state index in [2.05, 4.69) is 19.2 Å². The standard InChI is InChI=1S/C11H21N/c1-10(2)5-3-6-11(9-10)7-4-8-12-11/h12H,3-9H2,1-2H3. The lowest BCUT2D eigenvalue weighted by Gasteiger charge is -2.43. The van der Waals surface area contributed by atoms with Gasteiger partial charge >= 0.3 is 0 Å². The average Bonchev–Trinajstić information content (AvgIpc) is 2.34. The van der Waals surface area contributed by atoms with Crippen LogP contribution in [0.1, 0.15) is 52.4 Å². The molecule has 0 amide bonds. The van der Waals surface area contributed by atoms with E-state index < -0.39 is 0 Å². The second-order valence-corrected chi connectivity index (χ2v) is 5.51. The molecule has 0 aromatic carbocycles. The molecule has 70 valence electrons. The molecule has 2 fully saturated rings. The molecule has 2 rings (SSSR count). The second kappa shape index (κ2) is 2.73. The van der Waals surface area contributed by atoms with Crippen molar-refractivity contribution in [2.24, 2.45) is 5.41 Å². The molecule has 1 unspecified atom stereocenters. The van der Waals surface area contributed by atoms with Crippen molar-refractivity contribution in [1.82, 2.24) is 5.32 Å². The third-order valence-electron chi connectivity index (χ3n) is 3.66. The molecule has 0 radical (unpaired) electrons. The van der Waals surface area contributed by atoms with Gasteiger partial charge in [0.2, 0.25) is 0 Å². The first-order chi connectivity index (χ1) is 5.62. The van der Waals surface area contributed by atoms with Crippen LogP contribution in [-0.2, 0) is 0 Å². The Morgan fingerprint density at radius 3 is 2.33 bits per heavy atom. The van der Waals surface area contributed by atoms with Crippen LogP contribution in [0.15, 0.2) is 0 Å². The SMILES string of the molecule is CC1(C)CCCC2(CCCN2)C1. The zero-order valence-corrected chi connectivity index (χ0v) is 8.45. The van der Waals surface area contributed by atoms with Crippen LogP contribution in [-0.4, -0.2) is 12.1 Å². The van der Waals surface area contributed by atoms with Crippen molar-refractivity contribution in [3.8, 4) is 0 Å². The highest BCUT2D eigenvalue weighted by Gasteiger charge is 2.41. The summed E-state index contributed by atoms with van der Waals surface area (Å²) in [6, 6.07) is 0.